The fourth-order valence-electron chi connectivity index (χ4n) is 4.73. The number of amides is 1. The van der Waals surface area contributed by atoms with Crippen LogP contribution in [0.1, 0.15) is 56.6 Å². The van der Waals surface area contributed by atoms with Crippen molar-refractivity contribution in [3.63, 3.8) is 0 Å². The monoisotopic (exact) mass is 378 g/mol. The second-order valence-electron chi connectivity index (χ2n) is 8.22. The topological polar surface area (TPSA) is 66.5 Å². The van der Waals surface area contributed by atoms with E-state index in [2.05, 4.69) is 23.5 Å². The first-order valence-electron chi connectivity index (χ1n) is 9.55. The highest BCUT2D eigenvalue weighted by Gasteiger charge is 2.46. The third-order valence-electron chi connectivity index (χ3n) is 5.94. The molecule has 0 aromatic heterocycles. The van der Waals surface area contributed by atoms with Crippen LogP contribution in [0.3, 0.4) is 0 Å². The van der Waals surface area contributed by atoms with Gasteiger partial charge in [0.2, 0.25) is 15.9 Å². The molecule has 0 unspecified atom stereocenters. The lowest BCUT2D eigenvalue weighted by Crippen LogP contribution is -2.45. The van der Waals surface area contributed by atoms with Crippen LogP contribution in [0, 0.1) is 5.92 Å². The molecule has 2 aliphatic rings. The van der Waals surface area contributed by atoms with Crippen molar-refractivity contribution in [2.45, 2.75) is 50.9 Å². The summed E-state index contributed by atoms with van der Waals surface area (Å²) < 4.78 is 26.8. The molecule has 1 N–H and O–H groups in total. The molecule has 1 aliphatic heterocycles. The first kappa shape index (κ1) is 19.4. The number of rotatable bonds is 5. The molecule has 5 nitrogen and oxygen atoms in total. The van der Waals surface area contributed by atoms with E-state index in [1.807, 2.05) is 19.9 Å². The standard InChI is InChI=1S/C20H30N2O3S/c1-15(2)14-26(24,25)22-10-8-20(9-11-22)13-16(12-19(23)21-3)17-6-4-5-7-18(17)20/h4-7,15-16H,8-14H2,1-3H3,(H,21,23)/t16-/m0/s1. The van der Waals surface area contributed by atoms with Crippen molar-refractivity contribution < 1.29 is 13.2 Å². The third-order valence-corrected chi connectivity index (χ3v) is 8.18. The summed E-state index contributed by atoms with van der Waals surface area (Å²) in [7, 11) is -1.50. The molecule has 1 aromatic rings. The maximum absolute atomic E-state index is 12.6. The van der Waals surface area contributed by atoms with E-state index >= 15 is 0 Å². The van der Waals surface area contributed by atoms with Gasteiger partial charge in [0, 0.05) is 26.6 Å². The van der Waals surface area contributed by atoms with Crippen molar-refractivity contribution in [3.05, 3.63) is 35.4 Å². The summed E-state index contributed by atoms with van der Waals surface area (Å²) in [6.45, 7) is 5.05. The fourth-order valence-corrected chi connectivity index (χ4v) is 6.52. The molecule has 1 saturated heterocycles. The Bertz CT molecular complexity index is 765. The molecule has 1 aromatic carbocycles. The average molecular weight is 379 g/mol. The summed E-state index contributed by atoms with van der Waals surface area (Å²) in [5.74, 6) is 0.652. The lowest BCUT2D eigenvalue weighted by Gasteiger charge is -2.40. The average Bonchev–Trinajstić information content (AvgIpc) is 2.88. The summed E-state index contributed by atoms with van der Waals surface area (Å²) in [6, 6.07) is 8.42. The molecule has 3 rings (SSSR count). The van der Waals surface area contributed by atoms with Gasteiger partial charge in [-0.3, -0.25) is 4.79 Å². The van der Waals surface area contributed by atoms with Crippen LogP contribution in [-0.4, -0.2) is 44.5 Å². The van der Waals surface area contributed by atoms with Gasteiger partial charge in [0.1, 0.15) is 0 Å². The molecule has 1 aliphatic carbocycles. The van der Waals surface area contributed by atoms with Crippen LogP contribution in [0.2, 0.25) is 0 Å². The number of hydrogen-bond acceptors (Lipinski definition) is 3. The second kappa shape index (κ2) is 7.31. The van der Waals surface area contributed by atoms with Gasteiger partial charge >= 0.3 is 0 Å². The zero-order chi connectivity index (χ0) is 18.9. The van der Waals surface area contributed by atoms with Crippen LogP contribution in [0.25, 0.3) is 0 Å². The molecule has 26 heavy (non-hydrogen) atoms. The Balaban J connectivity index is 1.79. The molecule has 1 fully saturated rings. The van der Waals surface area contributed by atoms with Gasteiger partial charge in [-0.2, -0.15) is 0 Å². The van der Waals surface area contributed by atoms with E-state index < -0.39 is 10.0 Å². The summed E-state index contributed by atoms with van der Waals surface area (Å²) in [5, 5.41) is 2.73. The number of sulfonamides is 1. The Kier molecular flexibility index (Phi) is 5.45. The second-order valence-corrected chi connectivity index (χ2v) is 10.2. The predicted molar refractivity (Wildman–Crippen MR) is 104 cm³/mol. The van der Waals surface area contributed by atoms with E-state index in [1.165, 1.54) is 11.1 Å². The van der Waals surface area contributed by atoms with Gasteiger partial charge in [0.15, 0.2) is 0 Å². The van der Waals surface area contributed by atoms with Gasteiger partial charge < -0.3 is 5.32 Å². The maximum Gasteiger partial charge on any atom is 0.220 e. The van der Waals surface area contributed by atoms with Crippen LogP contribution in [-0.2, 0) is 20.2 Å². The highest BCUT2D eigenvalue weighted by Crippen LogP contribution is 2.52. The van der Waals surface area contributed by atoms with E-state index in [0.29, 0.717) is 19.5 Å². The number of carbonyl (C=O) groups excluding carboxylic acids is 1. The fraction of sp³-hybridized carbons (Fsp3) is 0.650. The molecular formula is C20H30N2O3S. The Morgan fingerprint density at radius 3 is 2.54 bits per heavy atom. The Morgan fingerprint density at radius 2 is 1.92 bits per heavy atom. The molecule has 6 heteroatoms. The van der Waals surface area contributed by atoms with E-state index in [1.54, 1.807) is 11.4 Å². The molecule has 1 atom stereocenters. The lowest BCUT2D eigenvalue weighted by atomic mass is 9.73. The zero-order valence-corrected chi connectivity index (χ0v) is 16.8. The van der Waals surface area contributed by atoms with Gasteiger partial charge in [-0.05, 0) is 47.6 Å². The van der Waals surface area contributed by atoms with Crippen molar-refractivity contribution in [1.29, 1.82) is 0 Å². The van der Waals surface area contributed by atoms with Gasteiger partial charge in [-0.25, -0.2) is 12.7 Å². The van der Waals surface area contributed by atoms with Gasteiger partial charge in [0.05, 0.1) is 5.75 Å². The van der Waals surface area contributed by atoms with Gasteiger partial charge in [0.25, 0.3) is 0 Å². The molecule has 1 amide bonds. The highest BCUT2D eigenvalue weighted by molar-refractivity contribution is 7.89. The molecule has 144 valence electrons. The highest BCUT2D eigenvalue weighted by atomic mass is 32.2. The summed E-state index contributed by atoms with van der Waals surface area (Å²) in [6.07, 6.45) is 3.12. The minimum Gasteiger partial charge on any atom is -0.359 e. The van der Waals surface area contributed by atoms with E-state index in [0.717, 1.165) is 19.3 Å². The Hall–Kier alpha value is -1.40. The maximum atomic E-state index is 12.6. The van der Waals surface area contributed by atoms with Gasteiger partial charge in [-0.15, -0.1) is 0 Å². The largest absolute Gasteiger partial charge is 0.359 e. The summed E-state index contributed by atoms with van der Waals surface area (Å²) >= 11 is 0. The number of nitrogens with one attached hydrogen (secondary N) is 1. The lowest BCUT2D eigenvalue weighted by molar-refractivity contribution is -0.121. The summed E-state index contributed by atoms with van der Waals surface area (Å²) in [5.41, 5.74) is 2.61. The molecule has 1 heterocycles. The Morgan fingerprint density at radius 1 is 1.27 bits per heavy atom. The van der Waals surface area contributed by atoms with Crippen molar-refractivity contribution in [2.24, 2.45) is 5.92 Å². The quantitative estimate of drug-likeness (QED) is 0.856. The van der Waals surface area contributed by atoms with E-state index in [-0.39, 0.29) is 28.9 Å². The number of nitrogens with zero attached hydrogens (tertiary/aromatic N) is 1. The van der Waals surface area contributed by atoms with Crippen molar-refractivity contribution in [1.82, 2.24) is 9.62 Å². The molecule has 0 radical (unpaired) electrons. The van der Waals surface area contributed by atoms with Gasteiger partial charge in [-0.1, -0.05) is 38.1 Å². The van der Waals surface area contributed by atoms with Crippen LogP contribution < -0.4 is 5.32 Å². The van der Waals surface area contributed by atoms with Crippen LogP contribution in [0.4, 0.5) is 0 Å². The van der Waals surface area contributed by atoms with Crippen molar-refractivity contribution in [2.75, 3.05) is 25.9 Å². The van der Waals surface area contributed by atoms with Crippen molar-refractivity contribution >= 4 is 15.9 Å². The Labute approximate surface area is 157 Å². The van der Waals surface area contributed by atoms with E-state index in [9.17, 15) is 13.2 Å². The number of fused-ring (bicyclic) bond motifs is 2. The predicted octanol–water partition coefficient (Wildman–Crippen LogP) is 2.63. The molecule has 1 spiro atoms. The number of hydrogen-bond donors (Lipinski definition) is 1. The normalized spacial score (nSPS) is 22.5. The minimum absolute atomic E-state index is 0.0130. The molecule has 0 saturated carbocycles. The van der Waals surface area contributed by atoms with Crippen molar-refractivity contribution in [3.8, 4) is 0 Å². The van der Waals surface area contributed by atoms with Crippen LogP contribution in [0.5, 0.6) is 0 Å². The van der Waals surface area contributed by atoms with E-state index in [4.69, 9.17) is 0 Å². The SMILES string of the molecule is CNC(=O)C[C@H]1CC2(CCN(S(=O)(=O)CC(C)C)CC2)c2ccccc21. The zero-order valence-electron chi connectivity index (χ0n) is 16.0. The van der Waals surface area contributed by atoms with Crippen LogP contribution in [0.15, 0.2) is 24.3 Å². The third kappa shape index (κ3) is 3.67. The smallest absolute Gasteiger partial charge is 0.220 e. The van der Waals surface area contributed by atoms with Crippen LogP contribution >= 0.6 is 0 Å². The molecule has 0 bridgehead atoms. The number of piperidine rings is 1. The summed E-state index contributed by atoms with van der Waals surface area (Å²) in [4.78, 5) is 11.9. The molecular weight excluding hydrogens is 348 g/mol. The minimum atomic E-state index is -3.17. The first-order valence-corrected chi connectivity index (χ1v) is 11.2. The number of benzene rings is 1. The first-order chi connectivity index (χ1) is 12.3. The number of carbonyl (C=O) groups is 1.